The summed E-state index contributed by atoms with van der Waals surface area (Å²) in [5.74, 6) is 1.45. The molecular weight excluding hydrogens is 488 g/mol. The van der Waals surface area contributed by atoms with Crippen molar-refractivity contribution in [2.75, 3.05) is 14.2 Å². The zero-order valence-electron chi connectivity index (χ0n) is 22.4. The van der Waals surface area contributed by atoms with Crippen LogP contribution in [0.15, 0.2) is 121 Å². The summed E-state index contributed by atoms with van der Waals surface area (Å²) in [5.41, 5.74) is 4.79. The van der Waals surface area contributed by atoms with Crippen molar-refractivity contribution >= 4 is 53.9 Å². The molecule has 0 bridgehead atoms. The topological polar surface area (TPSA) is 18.5 Å². The van der Waals surface area contributed by atoms with Gasteiger partial charge in [0.15, 0.2) is 11.5 Å². The summed E-state index contributed by atoms with van der Waals surface area (Å²) in [5, 5.41) is 12.5. The predicted molar refractivity (Wildman–Crippen MR) is 169 cm³/mol. The molecule has 8 rings (SSSR count). The van der Waals surface area contributed by atoms with Crippen molar-refractivity contribution < 1.29 is 9.47 Å². The van der Waals surface area contributed by atoms with Crippen molar-refractivity contribution in [1.29, 1.82) is 0 Å². The van der Waals surface area contributed by atoms with Crippen molar-refractivity contribution in [3.8, 4) is 33.8 Å². The Hall–Kier alpha value is -5.08. The third-order valence-electron chi connectivity index (χ3n) is 8.36. The summed E-state index contributed by atoms with van der Waals surface area (Å²) in [4.78, 5) is 0. The molecule has 2 nitrogen and oxygen atoms in total. The van der Waals surface area contributed by atoms with Gasteiger partial charge in [0.05, 0.1) is 14.2 Å². The number of fused-ring (bicyclic) bond motifs is 4. The summed E-state index contributed by atoms with van der Waals surface area (Å²) >= 11 is 0. The molecule has 0 saturated carbocycles. The van der Waals surface area contributed by atoms with Crippen LogP contribution in [0.4, 0.5) is 0 Å². The lowest BCUT2D eigenvalue weighted by Crippen LogP contribution is -1.97. The van der Waals surface area contributed by atoms with E-state index in [4.69, 9.17) is 9.47 Å². The Bertz CT molecular complexity index is 2050. The van der Waals surface area contributed by atoms with E-state index in [-0.39, 0.29) is 0 Å². The fourth-order valence-electron chi connectivity index (χ4n) is 6.73. The maximum absolute atomic E-state index is 5.86. The van der Waals surface area contributed by atoms with Gasteiger partial charge in [-0.05, 0) is 88.2 Å². The lowest BCUT2D eigenvalue weighted by molar-refractivity contribution is 0.356. The second kappa shape index (κ2) is 8.72. The van der Waals surface area contributed by atoms with Gasteiger partial charge in [-0.1, -0.05) is 109 Å². The average molecular weight is 515 g/mol. The summed E-state index contributed by atoms with van der Waals surface area (Å²) in [7, 11) is 3.42. The van der Waals surface area contributed by atoms with Crippen LogP contribution in [-0.2, 0) is 0 Å². The zero-order valence-corrected chi connectivity index (χ0v) is 22.4. The van der Waals surface area contributed by atoms with Crippen LogP contribution >= 0.6 is 0 Å². The van der Waals surface area contributed by atoms with Gasteiger partial charge in [0.2, 0.25) is 0 Å². The lowest BCUT2D eigenvalue weighted by Gasteiger charge is -2.23. The number of hydrogen-bond acceptors (Lipinski definition) is 2. The third kappa shape index (κ3) is 3.11. The molecule has 40 heavy (non-hydrogen) atoms. The summed E-state index contributed by atoms with van der Waals surface area (Å²) in [6.07, 6.45) is 0. The number of hydrogen-bond donors (Lipinski definition) is 0. The van der Waals surface area contributed by atoms with Gasteiger partial charge >= 0.3 is 0 Å². The molecule has 0 spiro atoms. The van der Waals surface area contributed by atoms with Gasteiger partial charge in [0.25, 0.3) is 0 Å². The molecule has 0 heterocycles. The molecule has 0 saturated heterocycles. The molecule has 0 aromatic heterocycles. The molecule has 0 amide bonds. The Balaban J connectivity index is 1.79. The Labute approximate surface area is 232 Å². The highest BCUT2D eigenvalue weighted by Crippen LogP contribution is 2.52. The van der Waals surface area contributed by atoms with E-state index >= 15 is 0 Å². The van der Waals surface area contributed by atoms with E-state index in [9.17, 15) is 0 Å². The van der Waals surface area contributed by atoms with Gasteiger partial charge in [-0.15, -0.1) is 0 Å². The van der Waals surface area contributed by atoms with Gasteiger partial charge < -0.3 is 9.47 Å². The van der Waals surface area contributed by atoms with Crippen molar-refractivity contribution in [1.82, 2.24) is 0 Å². The molecule has 0 atom stereocenters. The Kier molecular flexibility index (Phi) is 4.99. The first-order valence-corrected chi connectivity index (χ1v) is 13.6. The van der Waals surface area contributed by atoms with Gasteiger partial charge in [-0.2, -0.15) is 0 Å². The molecule has 2 heteroatoms. The van der Waals surface area contributed by atoms with E-state index < -0.39 is 0 Å². The molecule has 8 aromatic carbocycles. The van der Waals surface area contributed by atoms with Crippen LogP contribution in [0.25, 0.3) is 76.1 Å². The normalized spacial score (nSPS) is 11.8. The minimum absolute atomic E-state index is 0.725. The Morgan fingerprint density at radius 1 is 0.375 bits per heavy atom. The first-order valence-electron chi connectivity index (χ1n) is 13.6. The largest absolute Gasteiger partial charge is 0.493 e. The maximum atomic E-state index is 5.86. The Morgan fingerprint density at radius 2 is 0.800 bits per heavy atom. The lowest BCUT2D eigenvalue weighted by atomic mass is 9.80. The van der Waals surface area contributed by atoms with Crippen LogP contribution in [0.3, 0.4) is 0 Å². The maximum Gasteiger partial charge on any atom is 0.161 e. The fourth-order valence-corrected chi connectivity index (χ4v) is 6.73. The first kappa shape index (κ1) is 22.9. The zero-order chi connectivity index (χ0) is 26.8. The van der Waals surface area contributed by atoms with Crippen molar-refractivity contribution in [3.63, 3.8) is 0 Å². The van der Waals surface area contributed by atoms with Crippen molar-refractivity contribution in [2.45, 2.75) is 0 Å². The second-order valence-electron chi connectivity index (χ2n) is 10.4. The quantitative estimate of drug-likeness (QED) is 0.172. The molecule has 0 aliphatic rings. The molecule has 8 aromatic rings. The molecule has 0 radical (unpaired) electrons. The SMILES string of the molecule is COc1cc2c(-c3ccccc3)c3c4cccc5ccc6cccc(c3c(-c3ccccc3)c2cc1OC)c6c54. The summed E-state index contributed by atoms with van der Waals surface area (Å²) in [6.45, 7) is 0. The average Bonchev–Trinajstić information content (AvgIpc) is 3.03. The molecule has 0 aliphatic heterocycles. The molecule has 0 fully saturated rings. The van der Waals surface area contributed by atoms with E-state index in [0.29, 0.717) is 0 Å². The smallest absolute Gasteiger partial charge is 0.161 e. The summed E-state index contributed by atoms with van der Waals surface area (Å²) in [6, 6.07) is 43.8. The van der Waals surface area contributed by atoms with Crippen LogP contribution in [-0.4, -0.2) is 14.2 Å². The molecule has 0 N–H and O–H groups in total. The van der Waals surface area contributed by atoms with E-state index in [2.05, 4.69) is 121 Å². The minimum atomic E-state index is 0.725. The van der Waals surface area contributed by atoms with Crippen LogP contribution < -0.4 is 9.47 Å². The molecule has 0 unspecified atom stereocenters. The molecule has 190 valence electrons. The fraction of sp³-hybridized carbons (Fsp3) is 0.0526. The third-order valence-corrected chi connectivity index (χ3v) is 8.36. The predicted octanol–water partition coefficient (Wildman–Crippen LogP) is 10.2. The Morgan fingerprint density at radius 3 is 1.20 bits per heavy atom. The van der Waals surface area contributed by atoms with Gasteiger partial charge in [-0.25, -0.2) is 0 Å². The van der Waals surface area contributed by atoms with E-state index in [1.54, 1.807) is 14.2 Å². The first-order chi connectivity index (χ1) is 19.8. The number of rotatable bonds is 4. The van der Waals surface area contributed by atoms with E-state index in [0.717, 1.165) is 22.3 Å². The molecular formula is C38H26O2. The van der Waals surface area contributed by atoms with Crippen molar-refractivity contribution in [2.24, 2.45) is 0 Å². The minimum Gasteiger partial charge on any atom is -0.493 e. The van der Waals surface area contributed by atoms with E-state index in [1.165, 1.54) is 65.3 Å². The second-order valence-corrected chi connectivity index (χ2v) is 10.4. The highest BCUT2D eigenvalue weighted by molar-refractivity contribution is 6.41. The monoisotopic (exact) mass is 514 g/mol. The van der Waals surface area contributed by atoms with Gasteiger partial charge in [0, 0.05) is 0 Å². The van der Waals surface area contributed by atoms with Gasteiger partial charge in [0.1, 0.15) is 0 Å². The number of methoxy groups -OCH3 is 2. The van der Waals surface area contributed by atoms with Crippen LogP contribution in [0.5, 0.6) is 11.5 Å². The standard InChI is InChI=1S/C38H26O2/c1-39-31-21-29-30(22-32(31)40-2)36(24-13-7-4-8-14-24)38-28-18-10-16-26-20-19-25-15-9-17-27(33(25)34(26)28)37(38)35(29)23-11-5-3-6-12-23/h3-22H,1-2H3. The van der Waals surface area contributed by atoms with Crippen molar-refractivity contribution in [3.05, 3.63) is 121 Å². The highest BCUT2D eigenvalue weighted by atomic mass is 16.5. The number of benzene rings is 8. The van der Waals surface area contributed by atoms with Crippen LogP contribution in [0.1, 0.15) is 0 Å². The van der Waals surface area contributed by atoms with Crippen LogP contribution in [0.2, 0.25) is 0 Å². The van der Waals surface area contributed by atoms with E-state index in [1.807, 2.05) is 0 Å². The van der Waals surface area contributed by atoms with Crippen LogP contribution in [0, 0.1) is 0 Å². The highest BCUT2D eigenvalue weighted by Gasteiger charge is 2.24. The van der Waals surface area contributed by atoms with Gasteiger partial charge in [-0.3, -0.25) is 0 Å². The summed E-state index contributed by atoms with van der Waals surface area (Å²) < 4.78 is 11.7. The molecule has 0 aliphatic carbocycles. The number of ether oxygens (including phenoxy) is 2.